The highest BCUT2D eigenvalue weighted by Gasteiger charge is 2.16. The van der Waals surface area contributed by atoms with Crippen LogP contribution in [0.1, 0.15) is 27.7 Å². The van der Waals surface area contributed by atoms with E-state index in [1.54, 1.807) is 6.92 Å². The molecule has 0 aromatic heterocycles. The van der Waals surface area contributed by atoms with Gasteiger partial charge in [0, 0.05) is 0 Å². The van der Waals surface area contributed by atoms with Gasteiger partial charge in [-0.3, -0.25) is 9.59 Å². The van der Waals surface area contributed by atoms with E-state index in [1.807, 2.05) is 43.4 Å². The summed E-state index contributed by atoms with van der Waals surface area (Å²) in [4.78, 5) is 22.4. The summed E-state index contributed by atoms with van der Waals surface area (Å²) in [5.74, 6) is -0.280. The van der Waals surface area contributed by atoms with E-state index in [0.29, 0.717) is 0 Å². The summed E-state index contributed by atoms with van der Waals surface area (Å²) in [6.45, 7) is 7.20. The van der Waals surface area contributed by atoms with Gasteiger partial charge in [0.2, 0.25) is 0 Å². The van der Waals surface area contributed by atoms with Crippen LogP contribution in [0.15, 0.2) is 0 Å². The van der Waals surface area contributed by atoms with Crippen LogP contribution in [0.3, 0.4) is 0 Å². The number of thioether (sulfide) groups is 1. The van der Waals surface area contributed by atoms with Crippen LogP contribution < -0.4 is 0 Å². The number of halogens is 1. The number of esters is 2. The highest BCUT2D eigenvalue weighted by Crippen LogP contribution is 2.11. The van der Waals surface area contributed by atoms with Crippen molar-refractivity contribution in [2.45, 2.75) is 37.4 Å². The molecule has 0 fully saturated rings. The summed E-state index contributed by atoms with van der Waals surface area (Å²) in [6.07, 6.45) is 0. The molecule has 0 bridgehead atoms. The molecule has 0 amide bonds. The zero-order valence-corrected chi connectivity index (χ0v) is 12.9. The van der Waals surface area contributed by atoms with Gasteiger partial charge in [0.25, 0.3) is 0 Å². The van der Waals surface area contributed by atoms with Crippen molar-refractivity contribution in [2.24, 2.45) is 0 Å². The predicted octanol–water partition coefficient (Wildman–Crippen LogP) is 2.39. The second-order valence-corrected chi connectivity index (χ2v) is 6.85. The second-order valence-electron chi connectivity index (χ2n) is 4.11. The fourth-order valence-corrected chi connectivity index (χ4v) is 1.65. The molecule has 0 aromatic carbocycles. The third kappa shape index (κ3) is 10.5. The maximum Gasteiger partial charge on any atom is 0.316 e. The molecule has 1 atom stereocenters. The molecule has 94 valence electrons. The van der Waals surface area contributed by atoms with Crippen molar-refractivity contribution >= 4 is 46.3 Å². The lowest BCUT2D eigenvalue weighted by atomic mass is 10.2. The molecular formula is C10H17IO4S. The minimum atomic E-state index is -0.477. The molecule has 1 unspecified atom stereocenters. The Morgan fingerprint density at radius 1 is 1.25 bits per heavy atom. The summed E-state index contributed by atoms with van der Waals surface area (Å²) < 4.78 is 9.85. The van der Waals surface area contributed by atoms with Crippen molar-refractivity contribution < 1.29 is 19.1 Å². The van der Waals surface area contributed by atoms with E-state index in [1.165, 1.54) is 11.8 Å². The highest BCUT2D eigenvalue weighted by molar-refractivity contribution is 14.1. The number of alkyl halides is 1. The lowest BCUT2D eigenvalue weighted by Gasteiger charge is -2.19. The topological polar surface area (TPSA) is 52.6 Å². The maximum atomic E-state index is 11.3. The molecule has 6 heteroatoms. The summed E-state index contributed by atoms with van der Waals surface area (Å²) in [5.41, 5.74) is -0.477. The van der Waals surface area contributed by atoms with Crippen LogP contribution in [-0.2, 0) is 19.1 Å². The van der Waals surface area contributed by atoms with Crippen LogP contribution in [0.25, 0.3) is 0 Å². The van der Waals surface area contributed by atoms with Gasteiger partial charge < -0.3 is 9.47 Å². The Morgan fingerprint density at radius 2 is 1.75 bits per heavy atom. The maximum absolute atomic E-state index is 11.3. The fourth-order valence-electron chi connectivity index (χ4n) is 0.804. The Balaban J connectivity index is 3.66. The minimum absolute atomic E-state index is 0.146. The predicted molar refractivity (Wildman–Crippen MR) is 72.7 cm³/mol. The Labute approximate surface area is 114 Å². The molecule has 0 aromatic rings. The molecule has 0 heterocycles. The SMILES string of the molecule is CC(I)OC(=O)CSCC(=O)OC(C)(C)C. The van der Waals surface area contributed by atoms with Crippen molar-refractivity contribution in [3.05, 3.63) is 0 Å². The van der Waals surface area contributed by atoms with Gasteiger partial charge in [0.1, 0.15) is 9.71 Å². The normalized spacial score (nSPS) is 13.1. The average molecular weight is 360 g/mol. The third-order valence-electron chi connectivity index (χ3n) is 1.15. The van der Waals surface area contributed by atoms with Crippen LogP contribution in [0, 0.1) is 0 Å². The van der Waals surface area contributed by atoms with Crippen LogP contribution in [0.4, 0.5) is 0 Å². The zero-order chi connectivity index (χ0) is 12.8. The van der Waals surface area contributed by atoms with Crippen LogP contribution in [-0.4, -0.2) is 33.2 Å². The van der Waals surface area contributed by atoms with Crippen LogP contribution in [0.2, 0.25) is 0 Å². The molecular weight excluding hydrogens is 343 g/mol. The van der Waals surface area contributed by atoms with E-state index in [0.717, 1.165) is 0 Å². The molecule has 0 aliphatic heterocycles. The highest BCUT2D eigenvalue weighted by atomic mass is 127. The largest absolute Gasteiger partial charge is 0.459 e. The molecule has 0 saturated carbocycles. The van der Waals surface area contributed by atoms with Gasteiger partial charge in [0.15, 0.2) is 0 Å². The molecule has 0 N–H and O–H groups in total. The molecule has 0 rings (SSSR count). The van der Waals surface area contributed by atoms with Gasteiger partial charge >= 0.3 is 11.9 Å². The van der Waals surface area contributed by atoms with E-state index in [2.05, 4.69) is 0 Å². The number of ether oxygens (including phenoxy) is 2. The Kier molecular flexibility index (Phi) is 7.38. The Morgan fingerprint density at radius 3 is 2.19 bits per heavy atom. The molecule has 16 heavy (non-hydrogen) atoms. The third-order valence-corrected chi connectivity index (χ3v) is 2.29. The van der Waals surface area contributed by atoms with E-state index in [4.69, 9.17) is 9.47 Å². The van der Waals surface area contributed by atoms with Crippen molar-refractivity contribution in [2.75, 3.05) is 11.5 Å². The number of carbonyl (C=O) groups is 2. The number of carbonyl (C=O) groups excluding carboxylic acids is 2. The molecule has 0 radical (unpaired) electrons. The van der Waals surface area contributed by atoms with E-state index >= 15 is 0 Å². The van der Waals surface area contributed by atoms with Gasteiger partial charge in [0.05, 0.1) is 11.5 Å². The Hall–Kier alpha value is 0.0200. The zero-order valence-electron chi connectivity index (χ0n) is 9.91. The van der Waals surface area contributed by atoms with Crippen molar-refractivity contribution in [3.63, 3.8) is 0 Å². The first-order valence-corrected chi connectivity index (χ1v) is 7.24. The molecule has 0 aliphatic rings. The quantitative estimate of drug-likeness (QED) is 0.428. The lowest BCUT2D eigenvalue weighted by Crippen LogP contribution is -2.25. The van der Waals surface area contributed by atoms with E-state index in [9.17, 15) is 9.59 Å². The lowest BCUT2D eigenvalue weighted by molar-refractivity contribution is -0.151. The monoisotopic (exact) mass is 360 g/mol. The number of hydrogen-bond donors (Lipinski definition) is 0. The van der Waals surface area contributed by atoms with E-state index < -0.39 is 5.60 Å². The van der Waals surface area contributed by atoms with Gasteiger partial charge in [-0.1, -0.05) is 0 Å². The Bertz CT molecular complexity index is 248. The smallest absolute Gasteiger partial charge is 0.316 e. The first kappa shape index (κ1) is 16.0. The first-order valence-electron chi connectivity index (χ1n) is 4.84. The first-order chi connectivity index (χ1) is 7.20. The van der Waals surface area contributed by atoms with E-state index in [-0.39, 0.29) is 27.6 Å². The molecule has 0 saturated heterocycles. The summed E-state index contributed by atoms with van der Waals surface area (Å²) in [7, 11) is 0. The van der Waals surface area contributed by atoms with Gasteiger partial charge in [-0.2, -0.15) is 0 Å². The summed E-state index contributed by atoms with van der Waals surface area (Å²) >= 11 is 3.20. The minimum Gasteiger partial charge on any atom is -0.459 e. The standard InChI is InChI=1S/C10H17IO4S/c1-7(11)14-8(12)5-16-6-9(13)15-10(2,3)4/h7H,5-6H2,1-4H3. The second kappa shape index (κ2) is 7.37. The van der Waals surface area contributed by atoms with Gasteiger partial charge in [-0.25, -0.2) is 0 Å². The van der Waals surface area contributed by atoms with Crippen molar-refractivity contribution in [1.29, 1.82) is 0 Å². The van der Waals surface area contributed by atoms with Gasteiger partial charge in [-0.05, 0) is 50.3 Å². The number of hydrogen-bond acceptors (Lipinski definition) is 5. The van der Waals surface area contributed by atoms with Crippen molar-refractivity contribution in [3.8, 4) is 0 Å². The number of rotatable bonds is 5. The van der Waals surface area contributed by atoms with Crippen LogP contribution in [0.5, 0.6) is 0 Å². The van der Waals surface area contributed by atoms with Gasteiger partial charge in [-0.15, -0.1) is 11.8 Å². The average Bonchev–Trinajstić information content (AvgIpc) is 1.98. The molecule has 0 aliphatic carbocycles. The van der Waals surface area contributed by atoms with Crippen LogP contribution >= 0.6 is 34.4 Å². The molecule has 4 nitrogen and oxygen atoms in total. The van der Waals surface area contributed by atoms with Crippen molar-refractivity contribution in [1.82, 2.24) is 0 Å². The molecule has 0 spiro atoms. The summed E-state index contributed by atoms with van der Waals surface area (Å²) in [5, 5.41) is 0. The fraction of sp³-hybridized carbons (Fsp3) is 0.800. The summed E-state index contributed by atoms with van der Waals surface area (Å²) in [6, 6.07) is 0.